The van der Waals surface area contributed by atoms with Gasteiger partial charge in [0.15, 0.2) is 0 Å². The number of halogens is 1. The first-order valence-electron chi connectivity index (χ1n) is 8.11. The van der Waals surface area contributed by atoms with E-state index in [1.165, 1.54) is 19.3 Å². The highest BCUT2D eigenvalue weighted by Gasteiger charge is 2.18. The second-order valence-electron chi connectivity index (χ2n) is 5.89. The van der Waals surface area contributed by atoms with E-state index in [1.54, 1.807) is 0 Å². The number of carbonyl (C=O) groups excluding carboxylic acids is 1. The summed E-state index contributed by atoms with van der Waals surface area (Å²) in [5.74, 6) is -0.0169. The number of carbonyl (C=O) groups is 1. The monoisotopic (exact) mass is 328 g/mol. The van der Waals surface area contributed by atoms with Crippen molar-refractivity contribution in [1.29, 1.82) is 0 Å². The van der Waals surface area contributed by atoms with Crippen molar-refractivity contribution in [1.82, 2.24) is 0 Å². The molecule has 0 unspecified atom stereocenters. The zero-order valence-electron chi connectivity index (χ0n) is 13.1. The van der Waals surface area contributed by atoms with E-state index in [9.17, 15) is 4.79 Å². The predicted octanol–water partition coefficient (Wildman–Crippen LogP) is 4.51. The SMILES string of the molecule is O=C(Cc1ccccc1)Nc1cccc(Cl)c1N1CCCCC1. The normalized spacial score (nSPS) is 14.6. The molecule has 0 radical (unpaired) electrons. The van der Waals surface area contributed by atoms with Gasteiger partial charge in [0.05, 0.1) is 22.8 Å². The third kappa shape index (κ3) is 4.05. The number of nitrogens with zero attached hydrogens (tertiary/aromatic N) is 1. The Morgan fingerprint density at radius 2 is 1.74 bits per heavy atom. The van der Waals surface area contributed by atoms with Gasteiger partial charge in [-0.15, -0.1) is 0 Å². The van der Waals surface area contributed by atoms with E-state index < -0.39 is 0 Å². The Bertz CT molecular complexity index is 666. The number of anilines is 2. The van der Waals surface area contributed by atoms with Gasteiger partial charge in [-0.3, -0.25) is 4.79 Å². The molecule has 1 aliphatic heterocycles. The van der Waals surface area contributed by atoms with Crippen molar-refractivity contribution in [3.63, 3.8) is 0 Å². The molecular formula is C19H21ClN2O. The maximum Gasteiger partial charge on any atom is 0.228 e. The van der Waals surface area contributed by atoms with Crippen molar-refractivity contribution in [2.24, 2.45) is 0 Å². The average Bonchev–Trinajstić information content (AvgIpc) is 2.56. The highest BCUT2D eigenvalue weighted by Crippen LogP contribution is 2.35. The Morgan fingerprint density at radius 3 is 2.48 bits per heavy atom. The van der Waals surface area contributed by atoms with Crippen molar-refractivity contribution < 1.29 is 4.79 Å². The summed E-state index contributed by atoms with van der Waals surface area (Å²) in [6, 6.07) is 15.5. The number of para-hydroxylation sites is 1. The molecule has 0 bridgehead atoms. The van der Waals surface area contributed by atoms with E-state index in [4.69, 9.17) is 11.6 Å². The number of nitrogens with one attached hydrogen (secondary N) is 1. The van der Waals surface area contributed by atoms with E-state index in [-0.39, 0.29) is 5.91 Å². The summed E-state index contributed by atoms with van der Waals surface area (Å²) in [6.45, 7) is 1.98. The summed E-state index contributed by atoms with van der Waals surface area (Å²) in [7, 11) is 0. The molecule has 0 aromatic heterocycles. The fourth-order valence-corrected chi connectivity index (χ4v) is 3.32. The number of amides is 1. The van der Waals surface area contributed by atoms with Gasteiger partial charge in [-0.2, -0.15) is 0 Å². The number of piperidine rings is 1. The molecule has 1 amide bonds. The number of benzene rings is 2. The van der Waals surface area contributed by atoms with Gasteiger partial charge < -0.3 is 10.2 Å². The van der Waals surface area contributed by atoms with Crippen LogP contribution < -0.4 is 10.2 Å². The second kappa shape index (κ2) is 7.51. The molecule has 0 atom stereocenters. The van der Waals surface area contributed by atoms with E-state index in [2.05, 4.69) is 10.2 Å². The molecule has 4 heteroatoms. The highest BCUT2D eigenvalue weighted by molar-refractivity contribution is 6.34. The fraction of sp³-hybridized carbons (Fsp3) is 0.316. The smallest absolute Gasteiger partial charge is 0.228 e. The zero-order chi connectivity index (χ0) is 16.1. The second-order valence-corrected chi connectivity index (χ2v) is 6.30. The van der Waals surface area contributed by atoms with Crippen molar-refractivity contribution in [3.05, 3.63) is 59.1 Å². The van der Waals surface area contributed by atoms with Crippen LogP contribution in [0.15, 0.2) is 48.5 Å². The first-order chi connectivity index (χ1) is 11.2. The molecule has 3 rings (SSSR count). The molecule has 1 aliphatic rings. The van der Waals surface area contributed by atoms with Gasteiger partial charge in [-0.05, 0) is 37.0 Å². The minimum atomic E-state index is -0.0169. The van der Waals surface area contributed by atoms with Crippen LogP contribution >= 0.6 is 11.6 Å². The van der Waals surface area contributed by atoms with Crippen LogP contribution in [0.3, 0.4) is 0 Å². The minimum absolute atomic E-state index is 0.0169. The number of rotatable bonds is 4. The fourth-order valence-electron chi connectivity index (χ4n) is 3.03. The van der Waals surface area contributed by atoms with E-state index in [1.807, 2.05) is 48.5 Å². The summed E-state index contributed by atoms with van der Waals surface area (Å²) in [6.07, 6.45) is 3.97. The van der Waals surface area contributed by atoms with Crippen LogP contribution in [-0.4, -0.2) is 19.0 Å². The number of hydrogen-bond acceptors (Lipinski definition) is 2. The Morgan fingerprint density at radius 1 is 1.00 bits per heavy atom. The van der Waals surface area contributed by atoms with Crippen LogP contribution in [0.25, 0.3) is 0 Å². The van der Waals surface area contributed by atoms with Crippen LogP contribution in [-0.2, 0) is 11.2 Å². The van der Waals surface area contributed by atoms with E-state index >= 15 is 0 Å². The maximum atomic E-state index is 12.4. The van der Waals surface area contributed by atoms with Gasteiger partial charge in [-0.25, -0.2) is 0 Å². The maximum absolute atomic E-state index is 12.4. The molecule has 2 aromatic rings. The third-order valence-corrected chi connectivity index (χ3v) is 4.45. The molecule has 0 spiro atoms. The topological polar surface area (TPSA) is 32.3 Å². The Balaban J connectivity index is 1.77. The lowest BCUT2D eigenvalue weighted by Crippen LogP contribution is -2.30. The van der Waals surface area contributed by atoms with Crippen molar-refractivity contribution in [2.75, 3.05) is 23.3 Å². The molecule has 1 saturated heterocycles. The van der Waals surface area contributed by atoms with E-state index in [0.29, 0.717) is 11.4 Å². The van der Waals surface area contributed by atoms with Gasteiger partial charge in [0.2, 0.25) is 5.91 Å². The van der Waals surface area contributed by atoms with Crippen LogP contribution in [0.4, 0.5) is 11.4 Å². The third-order valence-electron chi connectivity index (χ3n) is 4.14. The molecule has 2 aromatic carbocycles. The van der Waals surface area contributed by atoms with Crippen molar-refractivity contribution in [3.8, 4) is 0 Å². The van der Waals surface area contributed by atoms with Gasteiger partial charge in [0.1, 0.15) is 0 Å². The molecular weight excluding hydrogens is 308 g/mol. The summed E-state index contributed by atoms with van der Waals surface area (Å²) in [5, 5.41) is 3.73. The Labute approximate surface area is 142 Å². The predicted molar refractivity (Wildman–Crippen MR) is 96.3 cm³/mol. The van der Waals surface area contributed by atoms with Crippen molar-refractivity contribution >= 4 is 28.9 Å². The molecule has 120 valence electrons. The highest BCUT2D eigenvalue weighted by atomic mass is 35.5. The average molecular weight is 329 g/mol. The number of hydrogen-bond donors (Lipinski definition) is 1. The molecule has 23 heavy (non-hydrogen) atoms. The summed E-state index contributed by atoms with van der Waals surface area (Å²) in [4.78, 5) is 14.6. The standard InChI is InChI=1S/C19H21ClN2O/c20-16-10-7-11-17(19(16)22-12-5-2-6-13-22)21-18(23)14-15-8-3-1-4-9-15/h1,3-4,7-11H,2,5-6,12-14H2,(H,21,23). The van der Waals surface area contributed by atoms with Crippen LogP contribution in [0.1, 0.15) is 24.8 Å². The molecule has 0 aliphatic carbocycles. The summed E-state index contributed by atoms with van der Waals surface area (Å²) in [5.41, 5.74) is 2.77. The summed E-state index contributed by atoms with van der Waals surface area (Å²) >= 11 is 6.41. The minimum Gasteiger partial charge on any atom is -0.369 e. The quantitative estimate of drug-likeness (QED) is 0.895. The van der Waals surface area contributed by atoms with Crippen LogP contribution in [0.5, 0.6) is 0 Å². The Kier molecular flexibility index (Phi) is 5.19. The molecule has 3 nitrogen and oxygen atoms in total. The molecule has 1 fully saturated rings. The lowest BCUT2D eigenvalue weighted by molar-refractivity contribution is -0.115. The van der Waals surface area contributed by atoms with E-state index in [0.717, 1.165) is 30.0 Å². The lowest BCUT2D eigenvalue weighted by Gasteiger charge is -2.31. The van der Waals surface area contributed by atoms with Gasteiger partial charge in [0, 0.05) is 13.1 Å². The van der Waals surface area contributed by atoms with Gasteiger partial charge in [-0.1, -0.05) is 48.0 Å². The largest absolute Gasteiger partial charge is 0.369 e. The summed E-state index contributed by atoms with van der Waals surface area (Å²) < 4.78 is 0. The van der Waals surface area contributed by atoms with Crippen LogP contribution in [0, 0.1) is 0 Å². The molecule has 0 saturated carbocycles. The van der Waals surface area contributed by atoms with Crippen molar-refractivity contribution in [2.45, 2.75) is 25.7 Å². The van der Waals surface area contributed by atoms with Crippen LogP contribution in [0.2, 0.25) is 5.02 Å². The molecule has 1 heterocycles. The van der Waals surface area contributed by atoms with Gasteiger partial charge in [0.25, 0.3) is 0 Å². The Hall–Kier alpha value is -2.00. The zero-order valence-corrected chi connectivity index (χ0v) is 13.9. The van der Waals surface area contributed by atoms with Gasteiger partial charge >= 0.3 is 0 Å². The molecule has 1 N–H and O–H groups in total. The first kappa shape index (κ1) is 15.9. The first-order valence-corrected chi connectivity index (χ1v) is 8.49. The lowest BCUT2D eigenvalue weighted by atomic mass is 10.1.